The first-order chi connectivity index (χ1) is 10.7. The minimum absolute atomic E-state index is 0.183. The van der Waals surface area contributed by atoms with Crippen LogP contribution in [-0.2, 0) is 4.74 Å². The highest BCUT2D eigenvalue weighted by Crippen LogP contribution is 2.17. The number of nitrogens with zero attached hydrogens (tertiary/aromatic N) is 3. The summed E-state index contributed by atoms with van der Waals surface area (Å²) in [5, 5.41) is 21.3. The summed E-state index contributed by atoms with van der Waals surface area (Å²) < 4.78 is 5.14. The number of amides is 1. The van der Waals surface area contributed by atoms with E-state index in [1.54, 1.807) is 20.8 Å². The number of aliphatic hydroxyl groups is 2. The first kappa shape index (κ1) is 19.2. The van der Waals surface area contributed by atoms with Crippen molar-refractivity contribution in [3.8, 4) is 0 Å². The molecule has 0 spiro atoms. The van der Waals surface area contributed by atoms with Gasteiger partial charge in [0.2, 0.25) is 0 Å². The van der Waals surface area contributed by atoms with E-state index < -0.39 is 29.9 Å². The van der Waals surface area contributed by atoms with Crippen molar-refractivity contribution < 1.29 is 19.7 Å². The third-order valence-electron chi connectivity index (χ3n) is 3.39. The number of carbonyl (C=O) groups excluding carboxylic acids is 1. The molecule has 0 aromatic rings. The van der Waals surface area contributed by atoms with Gasteiger partial charge in [0.25, 0.3) is 12.1 Å². The Morgan fingerprint density at radius 3 is 2.09 bits per heavy atom. The van der Waals surface area contributed by atoms with Crippen LogP contribution < -0.4 is 5.32 Å². The summed E-state index contributed by atoms with van der Waals surface area (Å²) in [7, 11) is 0. The molecule has 2 heterocycles. The van der Waals surface area contributed by atoms with Crippen LogP contribution in [0.5, 0.6) is 0 Å². The van der Waals surface area contributed by atoms with E-state index in [1.165, 1.54) is 4.90 Å². The van der Waals surface area contributed by atoms with Gasteiger partial charge in [-0.2, -0.15) is 0 Å². The van der Waals surface area contributed by atoms with Gasteiger partial charge in [-0.15, -0.1) is 0 Å². The predicted octanol–water partition coefficient (Wildman–Crippen LogP) is 0.124. The standard InChI is InChI=1S/C10H16N2O3.C5H8N2O/c1-10(2,3)15-9(14)12-5-7(11-4)8(13)6-12;1-6-4-2-7-3-5(4)8/h7-8,13H,5-6H2,1-3H3;4-5,7-8H,2-3H2. The van der Waals surface area contributed by atoms with E-state index in [0.717, 1.165) is 0 Å². The van der Waals surface area contributed by atoms with Crippen LogP contribution in [0.4, 0.5) is 4.79 Å². The van der Waals surface area contributed by atoms with Gasteiger partial charge >= 0.3 is 6.09 Å². The van der Waals surface area contributed by atoms with Gasteiger partial charge in [-0.1, -0.05) is 0 Å². The first-order valence-electron chi connectivity index (χ1n) is 7.46. The summed E-state index contributed by atoms with van der Waals surface area (Å²) in [6.07, 6.45) is -1.66. The van der Waals surface area contributed by atoms with E-state index >= 15 is 0 Å². The third-order valence-corrected chi connectivity index (χ3v) is 3.39. The van der Waals surface area contributed by atoms with Crippen molar-refractivity contribution in [2.24, 2.45) is 0 Å². The van der Waals surface area contributed by atoms with Crippen LogP contribution in [0.25, 0.3) is 9.69 Å². The largest absolute Gasteiger partial charge is 0.444 e. The molecule has 0 aromatic carbocycles. The molecule has 0 bridgehead atoms. The van der Waals surface area contributed by atoms with Gasteiger partial charge in [-0.05, 0) is 20.8 Å². The number of nitrogens with one attached hydrogen (secondary N) is 1. The zero-order valence-corrected chi connectivity index (χ0v) is 13.7. The van der Waals surface area contributed by atoms with Gasteiger partial charge in [0.1, 0.15) is 24.4 Å². The van der Waals surface area contributed by atoms with Gasteiger partial charge in [0, 0.05) is 6.54 Å². The number of hydrogen-bond donors (Lipinski definition) is 3. The Balaban J connectivity index is 0.000000277. The molecule has 8 heteroatoms. The molecule has 4 atom stereocenters. The average molecular weight is 324 g/mol. The molecule has 2 aliphatic rings. The van der Waals surface area contributed by atoms with E-state index in [1.807, 2.05) is 0 Å². The van der Waals surface area contributed by atoms with Crippen molar-refractivity contribution in [3.05, 3.63) is 22.8 Å². The molecule has 2 rings (SSSR count). The lowest BCUT2D eigenvalue weighted by Crippen LogP contribution is -2.35. The van der Waals surface area contributed by atoms with Crippen LogP contribution in [0.1, 0.15) is 20.8 Å². The van der Waals surface area contributed by atoms with Crippen LogP contribution in [-0.4, -0.2) is 77.3 Å². The Morgan fingerprint density at radius 2 is 1.74 bits per heavy atom. The minimum Gasteiger partial charge on any atom is -0.444 e. The molecule has 0 saturated carbocycles. The maximum absolute atomic E-state index is 11.6. The number of β-amino-alcohol motifs (C(OH)–C–C–N with tert-alkyl or cyclic N) is 2. The van der Waals surface area contributed by atoms with Crippen LogP contribution in [0.2, 0.25) is 0 Å². The highest BCUT2D eigenvalue weighted by atomic mass is 16.6. The van der Waals surface area contributed by atoms with Crippen LogP contribution in [0.15, 0.2) is 0 Å². The third kappa shape index (κ3) is 6.03. The molecule has 1 amide bonds. The molecule has 0 aromatic heterocycles. The van der Waals surface area contributed by atoms with Gasteiger partial charge in [-0.25, -0.2) is 17.9 Å². The molecule has 0 radical (unpaired) electrons. The van der Waals surface area contributed by atoms with E-state index in [2.05, 4.69) is 15.0 Å². The predicted molar refractivity (Wildman–Crippen MR) is 83.5 cm³/mol. The summed E-state index contributed by atoms with van der Waals surface area (Å²) in [6, 6.07) is -0.715. The van der Waals surface area contributed by atoms with E-state index in [-0.39, 0.29) is 19.1 Å². The minimum atomic E-state index is -0.755. The smallest absolute Gasteiger partial charge is 0.410 e. The molecule has 128 valence electrons. The first-order valence-corrected chi connectivity index (χ1v) is 7.46. The summed E-state index contributed by atoms with van der Waals surface area (Å²) in [5.41, 5.74) is -0.543. The lowest BCUT2D eigenvalue weighted by Gasteiger charge is -2.23. The molecular formula is C15H24N4O4. The molecule has 23 heavy (non-hydrogen) atoms. The molecule has 2 fully saturated rings. The van der Waals surface area contributed by atoms with Gasteiger partial charge in [-0.3, -0.25) is 4.90 Å². The highest BCUT2D eigenvalue weighted by Gasteiger charge is 2.40. The Bertz CT molecular complexity index is 491. The lowest BCUT2D eigenvalue weighted by molar-refractivity contribution is 0.0270. The molecule has 4 unspecified atom stereocenters. The highest BCUT2D eigenvalue weighted by molar-refractivity contribution is 5.68. The van der Waals surface area contributed by atoms with Crippen LogP contribution in [0, 0.1) is 13.1 Å². The van der Waals surface area contributed by atoms with Crippen LogP contribution >= 0.6 is 0 Å². The Labute approximate surface area is 136 Å². The Kier molecular flexibility index (Phi) is 6.77. The summed E-state index contributed by atoms with van der Waals surface area (Å²) in [5.74, 6) is 0. The second-order valence-electron chi connectivity index (χ2n) is 6.57. The molecule has 8 nitrogen and oxygen atoms in total. The van der Waals surface area contributed by atoms with Crippen molar-refractivity contribution in [3.63, 3.8) is 0 Å². The van der Waals surface area contributed by atoms with Crippen molar-refractivity contribution in [2.75, 3.05) is 26.2 Å². The maximum atomic E-state index is 11.6. The number of ether oxygens (including phenoxy) is 1. The van der Waals surface area contributed by atoms with Gasteiger partial charge < -0.3 is 30.0 Å². The molecule has 0 aliphatic carbocycles. The molecule has 2 saturated heterocycles. The van der Waals surface area contributed by atoms with Crippen molar-refractivity contribution >= 4 is 6.09 Å². The quantitative estimate of drug-likeness (QED) is 0.551. The van der Waals surface area contributed by atoms with Crippen molar-refractivity contribution in [1.29, 1.82) is 0 Å². The fraction of sp³-hybridized carbons (Fsp3) is 0.800. The fourth-order valence-electron chi connectivity index (χ4n) is 2.15. The Morgan fingerprint density at radius 1 is 1.13 bits per heavy atom. The van der Waals surface area contributed by atoms with E-state index in [9.17, 15) is 9.90 Å². The molecule has 2 aliphatic heterocycles. The number of likely N-dealkylation sites (tertiary alicyclic amines) is 1. The number of aliphatic hydroxyl groups excluding tert-OH is 2. The second-order valence-corrected chi connectivity index (χ2v) is 6.57. The SMILES string of the molecule is [C-]#[N+]C1CN(C(=O)OC(C)(C)C)CC1O.[C-]#[N+]C1CNCC1O. The zero-order chi connectivity index (χ0) is 17.6. The number of hydrogen-bond acceptors (Lipinski definition) is 5. The zero-order valence-electron chi connectivity index (χ0n) is 13.7. The monoisotopic (exact) mass is 324 g/mol. The Hall–Kier alpha value is -1.87. The van der Waals surface area contributed by atoms with Crippen LogP contribution in [0.3, 0.4) is 0 Å². The summed E-state index contributed by atoms with van der Waals surface area (Å²) in [6.45, 7) is 20.4. The van der Waals surface area contributed by atoms with Crippen molar-refractivity contribution in [1.82, 2.24) is 10.2 Å². The van der Waals surface area contributed by atoms with Gasteiger partial charge in [0.05, 0.1) is 13.1 Å². The lowest BCUT2D eigenvalue weighted by atomic mass is 10.2. The summed E-state index contributed by atoms with van der Waals surface area (Å²) >= 11 is 0. The fourth-order valence-corrected chi connectivity index (χ4v) is 2.15. The molecule has 3 N–H and O–H groups in total. The van der Waals surface area contributed by atoms with Gasteiger partial charge in [0.15, 0.2) is 0 Å². The normalized spacial score (nSPS) is 30.0. The second kappa shape index (κ2) is 8.11. The maximum Gasteiger partial charge on any atom is 0.410 e. The number of rotatable bonds is 0. The summed E-state index contributed by atoms with van der Waals surface area (Å²) in [4.78, 5) is 19.4. The average Bonchev–Trinajstić information content (AvgIpc) is 3.03. The molecular weight excluding hydrogens is 300 g/mol. The number of carbonyl (C=O) groups is 1. The van der Waals surface area contributed by atoms with E-state index in [0.29, 0.717) is 13.1 Å². The van der Waals surface area contributed by atoms with Crippen molar-refractivity contribution in [2.45, 2.75) is 50.7 Å². The van der Waals surface area contributed by atoms with E-state index in [4.69, 9.17) is 23.0 Å². The topological polar surface area (TPSA) is 90.8 Å².